The van der Waals surface area contributed by atoms with Crippen molar-refractivity contribution in [3.8, 4) is 20.9 Å². The first-order chi connectivity index (χ1) is 59.9. The molecular formula is C100H111BrN12O10S2. The van der Waals surface area contributed by atoms with Gasteiger partial charge in [-0.3, -0.25) is 39.8 Å². The van der Waals surface area contributed by atoms with E-state index in [1.807, 2.05) is 126 Å². The van der Waals surface area contributed by atoms with Gasteiger partial charge in [0.15, 0.2) is 5.78 Å². The molecule has 0 bridgehead atoms. The number of anilines is 3. The number of rotatable bonds is 29. The molecule has 125 heavy (non-hydrogen) atoms. The fourth-order valence-corrected chi connectivity index (χ4v) is 15.2. The Morgan fingerprint density at radius 1 is 0.432 bits per heavy atom. The zero-order chi connectivity index (χ0) is 89.7. The minimum Gasteiger partial charge on any atom is -0.478 e. The van der Waals surface area contributed by atoms with E-state index in [0.717, 1.165) is 158 Å². The summed E-state index contributed by atoms with van der Waals surface area (Å²) < 4.78 is 16.3. The number of Topliss-reactive ketones (excluding diaryl/α,β-unsaturated/α-hetero) is 1. The van der Waals surface area contributed by atoms with Crippen molar-refractivity contribution in [2.45, 2.75) is 98.0 Å². The second-order valence-corrected chi connectivity index (χ2v) is 35.1. The number of thiophene rings is 2. The molecule has 0 radical (unpaired) electrons. The molecule has 7 aromatic carbocycles. The van der Waals surface area contributed by atoms with Gasteiger partial charge < -0.3 is 50.0 Å². The molecule has 14 rings (SSSR count). The molecule has 0 saturated heterocycles. The number of esters is 2. The maximum Gasteiger partial charge on any atom is 0.412 e. The number of ether oxygens (including phenoxy) is 3. The summed E-state index contributed by atoms with van der Waals surface area (Å²) in [5.74, 6) is -1.88. The van der Waals surface area contributed by atoms with Crippen molar-refractivity contribution in [1.29, 1.82) is 0 Å². The van der Waals surface area contributed by atoms with Crippen molar-refractivity contribution < 1.29 is 48.1 Å². The Bertz CT molecular complexity index is 6020. The highest BCUT2D eigenvalue weighted by Crippen LogP contribution is 2.34. The number of nitrogens with zero attached hydrogens (tertiary/aromatic N) is 9. The lowest BCUT2D eigenvalue weighted by molar-refractivity contribution is 0.0516. The number of aromatic carboxylic acids is 1. The molecule has 5 N–H and O–H groups in total. The first-order valence-electron chi connectivity index (χ1n) is 41.6. The Hall–Kier alpha value is -12.1. The van der Waals surface area contributed by atoms with Crippen LogP contribution in [-0.4, -0.2) is 187 Å². The highest BCUT2D eigenvalue weighted by atomic mass is 79.9. The van der Waals surface area contributed by atoms with Gasteiger partial charge in [0.1, 0.15) is 5.60 Å². The van der Waals surface area contributed by atoms with Gasteiger partial charge in [-0.25, -0.2) is 19.2 Å². The predicted octanol–water partition coefficient (Wildman–Crippen LogP) is 21.0. The second-order valence-electron chi connectivity index (χ2n) is 32.2. The van der Waals surface area contributed by atoms with Gasteiger partial charge in [0, 0.05) is 89.8 Å². The molecule has 0 aliphatic heterocycles. The van der Waals surface area contributed by atoms with Gasteiger partial charge in [0.05, 0.1) is 74.4 Å². The minimum absolute atomic E-state index is 0.0273. The van der Waals surface area contributed by atoms with Crippen LogP contribution in [0.5, 0.6) is 0 Å². The maximum atomic E-state index is 13.3. The molecule has 0 unspecified atom stereocenters. The molecule has 0 atom stereocenters. The molecule has 25 heteroatoms. The van der Waals surface area contributed by atoms with Crippen LogP contribution < -0.4 is 16.4 Å². The van der Waals surface area contributed by atoms with E-state index >= 15 is 0 Å². The van der Waals surface area contributed by atoms with Crippen LogP contribution in [0.1, 0.15) is 140 Å². The van der Waals surface area contributed by atoms with E-state index in [0.29, 0.717) is 52.5 Å². The molecule has 22 nitrogen and oxygen atoms in total. The van der Waals surface area contributed by atoms with Crippen LogP contribution in [0, 0.1) is 0 Å². The molecule has 0 aliphatic rings. The summed E-state index contributed by atoms with van der Waals surface area (Å²) in [6, 6.07) is 59.1. The lowest BCUT2D eigenvalue weighted by Crippen LogP contribution is -2.27. The Balaban J connectivity index is 0.000000169. The maximum absolute atomic E-state index is 13.3. The normalized spacial score (nSPS) is 11.2. The van der Waals surface area contributed by atoms with Crippen LogP contribution in [-0.2, 0) is 46.3 Å². The smallest absolute Gasteiger partial charge is 0.412 e. The van der Waals surface area contributed by atoms with Crippen molar-refractivity contribution in [3.63, 3.8) is 0 Å². The SMILES string of the molecule is CCOC(=O)c1cnc2cc(Br)ccc2c1.CCOC(=O)c1cnc2cc(CCCN(C)C)ccc2c1.CN(C)CCCc1ccc2cc(C(=O)Cc3cc(-c4cccs4)ccc3N)cnc2c1.CN(C)CCCc1ccc2cc(C(=O)Nc3cc(-c4cccs4)ccc3NC(=O)OC(C)(C)C)cnc2c1.CN(C)CCCc1ccc2cc(C(=O)O)cnc2c1. The zero-order valence-electron chi connectivity index (χ0n) is 73.4. The van der Waals surface area contributed by atoms with E-state index in [-0.39, 0.29) is 35.6 Å². The van der Waals surface area contributed by atoms with Gasteiger partial charge >= 0.3 is 24.0 Å². The number of hydrogen-bond donors (Lipinski definition) is 4. The van der Waals surface area contributed by atoms with E-state index in [9.17, 15) is 28.8 Å². The van der Waals surface area contributed by atoms with Gasteiger partial charge in [-0.1, -0.05) is 94.8 Å². The highest BCUT2D eigenvalue weighted by molar-refractivity contribution is 9.10. The lowest BCUT2D eigenvalue weighted by atomic mass is 9.99. The number of fused-ring (bicyclic) bond motifs is 5. The average molecular weight is 1790 g/mol. The highest BCUT2D eigenvalue weighted by Gasteiger charge is 2.21. The summed E-state index contributed by atoms with van der Waals surface area (Å²) in [6.45, 7) is 14.0. The lowest BCUT2D eigenvalue weighted by Gasteiger charge is -2.21. The third-order valence-electron chi connectivity index (χ3n) is 19.8. The Labute approximate surface area is 748 Å². The number of halogens is 1. The summed E-state index contributed by atoms with van der Waals surface area (Å²) in [5, 5.41) is 23.3. The Morgan fingerprint density at radius 2 is 0.808 bits per heavy atom. The number of ketones is 1. The first kappa shape index (κ1) is 95.2. The van der Waals surface area contributed by atoms with Crippen molar-refractivity contribution in [3.05, 3.63) is 284 Å². The van der Waals surface area contributed by atoms with E-state index in [4.69, 9.17) is 25.1 Å². The third-order valence-corrected chi connectivity index (χ3v) is 22.1. The van der Waals surface area contributed by atoms with Crippen molar-refractivity contribution >= 4 is 146 Å². The van der Waals surface area contributed by atoms with Gasteiger partial charge in [0.2, 0.25) is 0 Å². The number of nitrogen functional groups attached to an aromatic ring is 1. The largest absolute Gasteiger partial charge is 0.478 e. The number of hydrogen-bond acceptors (Lipinski definition) is 21. The van der Waals surface area contributed by atoms with E-state index in [1.165, 1.54) is 39.5 Å². The number of carbonyl (C=O) groups excluding carboxylic acids is 5. The fraction of sp³-hybridized carbons (Fsp3) is 0.290. The Kier molecular flexibility index (Phi) is 35.5. The van der Waals surface area contributed by atoms with Crippen LogP contribution >= 0.6 is 38.6 Å². The fourth-order valence-electron chi connectivity index (χ4n) is 13.4. The molecule has 7 heterocycles. The molecule has 14 aromatic rings. The van der Waals surface area contributed by atoms with Crippen molar-refractivity contribution in [1.82, 2.24) is 44.5 Å². The molecule has 0 spiro atoms. The molecule has 7 aromatic heterocycles. The number of aryl methyl sites for hydroxylation is 4. The Morgan fingerprint density at radius 3 is 1.22 bits per heavy atom. The standard InChI is InChI=1S/C30H34N4O3S.C26H27N3OS.C17H22N2O2.C15H18N2O2.C12H10BrNO2/c1-30(2,3)37-29(36)33-24-13-12-22(27-9-7-15-38-27)18-26(24)32-28(35)23-17-21-11-10-20(8-6-14-34(4)5)16-25(21)31-19-23;1-29(2)11-3-5-18-7-8-19-14-22(17-28-24(19)13-18)25(30)16-21-15-20(9-10-23(21)27)26-6-4-12-31-26;1-4-21-17(20)15-11-14-8-7-13(6-5-9-19(2)3)10-16(14)18-12-15;1-17(2)7-3-4-11-5-6-12-9-13(15(18)19)10-16-14(12)8-11;1-2-16-12(15)9-5-8-3-4-10(13)6-11(8)14-7-9/h7,9-13,15-19H,6,8,14H2,1-5H3,(H,32,35)(H,33,36);4,6-10,12-15,17H,3,5,11,16,27H2,1-2H3;7-8,10-12H,4-6,9H2,1-3H3;5-6,8-10H,3-4,7H2,1-2H3,(H,18,19);3-7H,2H2,1H3. The van der Waals surface area contributed by atoms with Crippen LogP contribution in [0.3, 0.4) is 0 Å². The molecule has 0 fully saturated rings. The number of carbonyl (C=O) groups is 6. The van der Waals surface area contributed by atoms with E-state index in [2.05, 4.69) is 176 Å². The first-order valence-corrected chi connectivity index (χ1v) is 44.2. The number of carboxylic acids is 1. The second kappa shape index (κ2) is 46.6. The van der Waals surface area contributed by atoms with Gasteiger partial charge in [-0.15, -0.1) is 22.7 Å². The van der Waals surface area contributed by atoms with Gasteiger partial charge in [0.25, 0.3) is 5.91 Å². The minimum atomic E-state index is -0.940. The van der Waals surface area contributed by atoms with Crippen LogP contribution in [0.4, 0.5) is 21.9 Å². The third kappa shape index (κ3) is 29.8. The molecule has 2 amide bonds. The number of benzene rings is 7. The molecule has 0 aliphatic carbocycles. The summed E-state index contributed by atoms with van der Waals surface area (Å²) in [7, 11) is 16.6. The summed E-state index contributed by atoms with van der Waals surface area (Å²) in [4.78, 5) is 106. The van der Waals surface area contributed by atoms with Gasteiger partial charge in [-0.2, -0.15) is 0 Å². The predicted molar refractivity (Wildman–Crippen MR) is 513 cm³/mol. The van der Waals surface area contributed by atoms with Crippen LogP contribution in [0.25, 0.3) is 75.4 Å². The summed E-state index contributed by atoms with van der Waals surface area (Å²) >= 11 is 6.65. The number of aromatic nitrogens is 5. The number of amides is 2. The average Bonchev–Trinajstić information content (AvgIpc) is 1.46. The monoisotopic (exact) mass is 1780 g/mol. The van der Waals surface area contributed by atoms with Crippen LogP contribution in [0.15, 0.2) is 228 Å². The summed E-state index contributed by atoms with van der Waals surface area (Å²) in [6.07, 6.45) is 15.9. The van der Waals surface area contributed by atoms with E-state index < -0.39 is 17.7 Å². The van der Waals surface area contributed by atoms with Crippen molar-refractivity contribution in [2.24, 2.45) is 0 Å². The molecular weight excluding hydrogens is 1670 g/mol. The number of nitrogens with two attached hydrogens (primary N) is 1. The topological polar surface area (TPSA) is 278 Å². The summed E-state index contributed by atoms with van der Waals surface area (Å²) in [5.41, 5.74) is 21.7. The number of pyridine rings is 5. The quantitative estimate of drug-likeness (QED) is 0.0147. The molecule has 0 saturated carbocycles. The van der Waals surface area contributed by atoms with Crippen LogP contribution in [0.2, 0.25) is 0 Å². The van der Waals surface area contributed by atoms with Crippen molar-refractivity contribution in [2.75, 3.05) is 112 Å². The zero-order valence-corrected chi connectivity index (χ0v) is 76.6. The molecule has 650 valence electrons. The van der Waals surface area contributed by atoms with Gasteiger partial charge in [-0.05, 0) is 321 Å². The number of carboxylic acid groups (broad SMARTS) is 1. The van der Waals surface area contributed by atoms with E-state index in [1.54, 1.807) is 94.1 Å². The number of nitrogens with one attached hydrogen (secondary N) is 2.